The molecule has 0 bridgehead atoms. The highest BCUT2D eigenvalue weighted by atomic mass is 79.9. The van der Waals surface area contributed by atoms with E-state index in [-0.39, 0.29) is 0 Å². The molecule has 1 aliphatic rings. The van der Waals surface area contributed by atoms with E-state index in [1.807, 2.05) is 0 Å². The van der Waals surface area contributed by atoms with Gasteiger partial charge in [-0.05, 0) is 52.9 Å². The van der Waals surface area contributed by atoms with Gasteiger partial charge in [0, 0.05) is 11.4 Å². The molecule has 0 radical (unpaired) electrons. The number of rotatable bonds is 3. The standard InChI is InChI=1S/C13H18BrNS/c14-13-7-6-12(16-13)8-11(9-15)10-4-2-1-3-5-10/h6-8,10H,1-5,9,15H2. The van der Waals surface area contributed by atoms with Crippen molar-refractivity contribution in [3.8, 4) is 0 Å². The molecule has 0 amide bonds. The molecule has 0 aromatic carbocycles. The Morgan fingerprint density at radius 2 is 2.12 bits per heavy atom. The van der Waals surface area contributed by atoms with E-state index in [1.165, 1.54) is 46.3 Å². The van der Waals surface area contributed by atoms with Crippen molar-refractivity contribution >= 4 is 33.3 Å². The Labute approximate surface area is 110 Å². The zero-order valence-corrected chi connectivity index (χ0v) is 11.8. The molecular formula is C13H18BrNS. The zero-order chi connectivity index (χ0) is 11.4. The van der Waals surface area contributed by atoms with Crippen molar-refractivity contribution in [1.82, 2.24) is 0 Å². The summed E-state index contributed by atoms with van der Waals surface area (Å²) in [5, 5.41) is 0. The van der Waals surface area contributed by atoms with Crippen molar-refractivity contribution in [3.63, 3.8) is 0 Å². The first kappa shape index (κ1) is 12.3. The molecule has 0 saturated heterocycles. The average Bonchev–Trinajstić information content (AvgIpc) is 2.73. The number of hydrogen-bond acceptors (Lipinski definition) is 2. The molecular weight excluding hydrogens is 282 g/mol. The topological polar surface area (TPSA) is 26.0 Å². The first-order valence-corrected chi connectivity index (χ1v) is 7.56. The van der Waals surface area contributed by atoms with Crippen molar-refractivity contribution in [3.05, 3.63) is 26.4 Å². The second-order valence-corrected chi connectivity index (χ2v) is 6.89. The number of nitrogens with two attached hydrogens (primary N) is 1. The summed E-state index contributed by atoms with van der Waals surface area (Å²) in [5.74, 6) is 0.736. The highest BCUT2D eigenvalue weighted by molar-refractivity contribution is 9.11. The van der Waals surface area contributed by atoms with E-state index < -0.39 is 0 Å². The molecule has 16 heavy (non-hydrogen) atoms. The lowest BCUT2D eigenvalue weighted by Crippen LogP contribution is -2.15. The summed E-state index contributed by atoms with van der Waals surface area (Å²) in [6.45, 7) is 0.709. The molecule has 0 spiro atoms. The van der Waals surface area contributed by atoms with Crippen molar-refractivity contribution in [1.29, 1.82) is 0 Å². The summed E-state index contributed by atoms with van der Waals surface area (Å²) < 4.78 is 1.19. The maximum absolute atomic E-state index is 5.88. The third kappa shape index (κ3) is 3.19. The van der Waals surface area contributed by atoms with E-state index in [1.54, 1.807) is 11.3 Å². The monoisotopic (exact) mass is 299 g/mol. The predicted molar refractivity (Wildman–Crippen MR) is 75.6 cm³/mol. The molecule has 1 aliphatic carbocycles. The van der Waals surface area contributed by atoms with Crippen LogP contribution < -0.4 is 5.73 Å². The van der Waals surface area contributed by atoms with Crippen LogP contribution in [0.3, 0.4) is 0 Å². The molecule has 1 aromatic rings. The van der Waals surface area contributed by atoms with Gasteiger partial charge in [0.05, 0.1) is 3.79 Å². The Morgan fingerprint density at radius 1 is 1.38 bits per heavy atom. The van der Waals surface area contributed by atoms with Crippen LogP contribution in [0.1, 0.15) is 37.0 Å². The summed E-state index contributed by atoms with van der Waals surface area (Å²) >= 11 is 5.28. The molecule has 1 heterocycles. The van der Waals surface area contributed by atoms with Gasteiger partial charge in [0.25, 0.3) is 0 Å². The Morgan fingerprint density at radius 3 is 2.69 bits per heavy atom. The second-order valence-electron chi connectivity index (χ2n) is 4.40. The van der Waals surface area contributed by atoms with Crippen LogP contribution in [0.2, 0.25) is 0 Å². The number of halogens is 1. The minimum atomic E-state index is 0.709. The van der Waals surface area contributed by atoms with Crippen LogP contribution in [0, 0.1) is 5.92 Å². The Balaban J connectivity index is 2.11. The maximum Gasteiger partial charge on any atom is 0.0704 e. The van der Waals surface area contributed by atoms with E-state index >= 15 is 0 Å². The van der Waals surface area contributed by atoms with Gasteiger partial charge in [-0.2, -0.15) is 0 Å². The fourth-order valence-corrected chi connectivity index (χ4v) is 3.81. The lowest BCUT2D eigenvalue weighted by atomic mass is 9.83. The smallest absolute Gasteiger partial charge is 0.0704 e. The molecule has 0 atom stereocenters. The van der Waals surface area contributed by atoms with Gasteiger partial charge in [0.1, 0.15) is 0 Å². The normalized spacial score (nSPS) is 19.0. The van der Waals surface area contributed by atoms with Gasteiger partial charge in [0.2, 0.25) is 0 Å². The molecule has 88 valence electrons. The molecule has 1 saturated carbocycles. The summed E-state index contributed by atoms with van der Waals surface area (Å²) in [5.41, 5.74) is 7.32. The third-order valence-corrected chi connectivity index (χ3v) is 4.86. The van der Waals surface area contributed by atoms with Gasteiger partial charge in [-0.25, -0.2) is 0 Å². The predicted octanol–water partition coefficient (Wildman–Crippen LogP) is 4.43. The Hall–Kier alpha value is -0.120. The highest BCUT2D eigenvalue weighted by Gasteiger charge is 2.16. The van der Waals surface area contributed by atoms with Crippen LogP contribution in [0.4, 0.5) is 0 Å². The molecule has 2 N–H and O–H groups in total. The van der Waals surface area contributed by atoms with Crippen LogP contribution in [-0.4, -0.2) is 6.54 Å². The van der Waals surface area contributed by atoms with Crippen LogP contribution in [0.25, 0.3) is 6.08 Å². The fraction of sp³-hybridized carbons (Fsp3) is 0.538. The van der Waals surface area contributed by atoms with Crippen LogP contribution in [-0.2, 0) is 0 Å². The molecule has 3 heteroatoms. The van der Waals surface area contributed by atoms with E-state index in [0.29, 0.717) is 6.54 Å². The minimum absolute atomic E-state index is 0.709. The van der Waals surface area contributed by atoms with Gasteiger partial charge in [-0.3, -0.25) is 0 Å². The number of thiophene rings is 1. The lowest BCUT2D eigenvalue weighted by Gasteiger charge is -2.23. The summed E-state index contributed by atoms with van der Waals surface area (Å²) in [6.07, 6.45) is 9.10. The molecule has 2 rings (SSSR count). The molecule has 1 aromatic heterocycles. The maximum atomic E-state index is 5.88. The van der Waals surface area contributed by atoms with Crippen molar-refractivity contribution in [2.45, 2.75) is 32.1 Å². The van der Waals surface area contributed by atoms with Gasteiger partial charge < -0.3 is 5.73 Å². The first-order valence-electron chi connectivity index (χ1n) is 5.95. The lowest BCUT2D eigenvalue weighted by molar-refractivity contribution is 0.401. The van der Waals surface area contributed by atoms with E-state index in [2.05, 4.69) is 34.1 Å². The van der Waals surface area contributed by atoms with E-state index in [9.17, 15) is 0 Å². The third-order valence-electron chi connectivity index (χ3n) is 3.29. The van der Waals surface area contributed by atoms with Gasteiger partial charge in [-0.1, -0.05) is 24.8 Å². The molecule has 0 unspecified atom stereocenters. The van der Waals surface area contributed by atoms with Gasteiger partial charge in [0.15, 0.2) is 0 Å². The van der Waals surface area contributed by atoms with E-state index in [4.69, 9.17) is 5.73 Å². The highest BCUT2D eigenvalue weighted by Crippen LogP contribution is 2.32. The summed E-state index contributed by atoms with van der Waals surface area (Å²) in [4.78, 5) is 1.32. The summed E-state index contributed by atoms with van der Waals surface area (Å²) in [6, 6.07) is 4.26. The Kier molecular flexibility index (Phi) is 4.62. The van der Waals surface area contributed by atoms with Crippen LogP contribution in [0.5, 0.6) is 0 Å². The summed E-state index contributed by atoms with van der Waals surface area (Å²) in [7, 11) is 0. The largest absolute Gasteiger partial charge is 0.327 e. The SMILES string of the molecule is NCC(=Cc1ccc(Br)s1)C1CCCCC1. The average molecular weight is 300 g/mol. The fourth-order valence-electron chi connectivity index (χ4n) is 2.41. The van der Waals surface area contributed by atoms with Gasteiger partial charge in [-0.15, -0.1) is 11.3 Å². The van der Waals surface area contributed by atoms with Crippen LogP contribution >= 0.6 is 27.3 Å². The number of hydrogen-bond donors (Lipinski definition) is 1. The molecule has 1 nitrogen and oxygen atoms in total. The minimum Gasteiger partial charge on any atom is -0.327 e. The molecule has 0 aliphatic heterocycles. The van der Waals surface area contributed by atoms with Gasteiger partial charge >= 0.3 is 0 Å². The van der Waals surface area contributed by atoms with Crippen LogP contribution in [0.15, 0.2) is 21.5 Å². The quantitative estimate of drug-likeness (QED) is 0.878. The first-order chi connectivity index (χ1) is 7.79. The van der Waals surface area contributed by atoms with Crippen molar-refractivity contribution in [2.24, 2.45) is 11.7 Å². The Bertz CT molecular complexity index is 364. The second kappa shape index (κ2) is 5.99. The van der Waals surface area contributed by atoms with Crippen molar-refractivity contribution in [2.75, 3.05) is 6.54 Å². The van der Waals surface area contributed by atoms with Crippen molar-refractivity contribution < 1.29 is 0 Å². The van der Waals surface area contributed by atoms with E-state index in [0.717, 1.165) is 5.92 Å². The molecule has 1 fully saturated rings. The zero-order valence-electron chi connectivity index (χ0n) is 9.42.